The summed E-state index contributed by atoms with van der Waals surface area (Å²) in [5, 5.41) is 0. The molecule has 0 aliphatic carbocycles. The highest BCUT2D eigenvalue weighted by atomic mass is 32.2. The zero-order valence-corrected chi connectivity index (χ0v) is 17.5. The van der Waals surface area contributed by atoms with Gasteiger partial charge in [0.05, 0.1) is 15.4 Å². The van der Waals surface area contributed by atoms with Crippen LogP contribution in [0.5, 0.6) is 0 Å². The molecule has 4 nitrogen and oxygen atoms in total. The lowest BCUT2D eigenvalue weighted by molar-refractivity contribution is 0.0468. The summed E-state index contributed by atoms with van der Waals surface area (Å²) in [6, 6.07) is 31.7. The van der Waals surface area contributed by atoms with Gasteiger partial charge >= 0.3 is 5.97 Å². The molecule has 0 spiro atoms. The van der Waals surface area contributed by atoms with Crippen LogP contribution in [-0.4, -0.2) is 14.4 Å². The molecule has 5 heteroatoms. The second-order valence-corrected chi connectivity index (χ2v) is 8.87. The summed E-state index contributed by atoms with van der Waals surface area (Å²) < 4.78 is 31.9. The number of carbonyl (C=O) groups excluding carboxylic acids is 1. The first-order valence-corrected chi connectivity index (χ1v) is 11.2. The molecular formula is C26H20O4S. The fourth-order valence-electron chi connectivity index (χ4n) is 3.25. The number of hydrogen-bond acceptors (Lipinski definition) is 4. The molecule has 0 aromatic heterocycles. The van der Waals surface area contributed by atoms with Crippen molar-refractivity contribution < 1.29 is 17.9 Å². The number of sulfone groups is 1. The van der Waals surface area contributed by atoms with Gasteiger partial charge in [0.1, 0.15) is 6.61 Å². The Kier molecular flexibility index (Phi) is 5.96. The van der Waals surface area contributed by atoms with Gasteiger partial charge in [0.15, 0.2) is 0 Å². The highest BCUT2D eigenvalue weighted by Crippen LogP contribution is 2.27. The second kappa shape index (κ2) is 8.98. The van der Waals surface area contributed by atoms with E-state index in [2.05, 4.69) is 0 Å². The fraction of sp³-hybridized carbons (Fsp3) is 0.0385. The van der Waals surface area contributed by atoms with Gasteiger partial charge in [0, 0.05) is 0 Å². The molecule has 0 radical (unpaired) electrons. The van der Waals surface area contributed by atoms with Gasteiger partial charge in [-0.1, -0.05) is 84.9 Å². The summed E-state index contributed by atoms with van der Waals surface area (Å²) in [6.45, 7) is 0.0693. The largest absolute Gasteiger partial charge is 0.457 e. The van der Waals surface area contributed by atoms with E-state index in [0.717, 1.165) is 16.7 Å². The molecule has 31 heavy (non-hydrogen) atoms. The number of carbonyl (C=O) groups is 1. The molecule has 0 bridgehead atoms. The van der Waals surface area contributed by atoms with E-state index >= 15 is 0 Å². The van der Waals surface area contributed by atoms with Crippen molar-refractivity contribution in [3.05, 3.63) is 120 Å². The minimum absolute atomic E-state index is 0.0190. The minimum atomic E-state index is -3.90. The SMILES string of the molecule is O=C(OCc1ccccc1)c1ccccc1S(=O)(=O)c1ccc(-c2ccccc2)cc1. The summed E-state index contributed by atoms with van der Waals surface area (Å²) in [5.41, 5.74) is 2.75. The maximum atomic E-state index is 13.3. The molecule has 0 atom stereocenters. The lowest BCUT2D eigenvalue weighted by atomic mass is 10.1. The van der Waals surface area contributed by atoms with Gasteiger partial charge < -0.3 is 4.74 Å². The highest BCUT2D eigenvalue weighted by molar-refractivity contribution is 7.91. The number of hydrogen-bond donors (Lipinski definition) is 0. The Morgan fingerprint density at radius 1 is 0.645 bits per heavy atom. The van der Waals surface area contributed by atoms with Crippen LogP contribution in [0.15, 0.2) is 119 Å². The Hall–Kier alpha value is -3.70. The van der Waals surface area contributed by atoms with E-state index in [1.165, 1.54) is 12.1 Å². The highest BCUT2D eigenvalue weighted by Gasteiger charge is 2.25. The van der Waals surface area contributed by atoms with Crippen molar-refractivity contribution >= 4 is 15.8 Å². The summed E-state index contributed by atoms with van der Waals surface area (Å²) in [7, 11) is -3.90. The first kappa shape index (κ1) is 20.6. The maximum absolute atomic E-state index is 13.3. The first-order valence-electron chi connectivity index (χ1n) is 9.76. The van der Waals surface area contributed by atoms with Crippen LogP contribution in [0.3, 0.4) is 0 Å². The third kappa shape index (κ3) is 4.57. The van der Waals surface area contributed by atoms with Gasteiger partial charge in [0.2, 0.25) is 9.84 Å². The van der Waals surface area contributed by atoms with Crippen molar-refractivity contribution in [2.45, 2.75) is 16.4 Å². The molecule has 0 fully saturated rings. The van der Waals surface area contributed by atoms with E-state index in [9.17, 15) is 13.2 Å². The summed E-state index contributed by atoms with van der Waals surface area (Å²) in [5.74, 6) is -0.677. The van der Waals surface area contributed by atoms with Crippen LogP contribution in [0.4, 0.5) is 0 Å². The van der Waals surface area contributed by atoms with Crippen LogP contribution < -0.4 is 0 Å². The van der Waals surface area contributed by atoms with E-state index in [0.29, 0.717) is 0 Å². The molecule has 154 valence electrons. The normalized spacial score (nSPS) is 11.1. The van der Waals surface area contributed by atoms with Crippen LogP contribution in [0.1, 0.15) is 15.9 Å². The Labute approximate surface area is 181 Å². The third-order valence-corrected chi connectivity index (χ3v) is 6.71. The molecule has 0 unspecified atom stereocenters. The summed E-state index contributed by atoms with van der Waals surface area (Å²) >= 11 is 0. The Balaban J connectivity index is 1.61. The maximum Gasteiger partial charge on any atom is 0.339 e. The van der Waals surface area contributed by atoms with Crippen molar-refractivity contribution in [1.29, 1.82) is 0 Å². The van der Waals surface area contributed by atoms with Gasteiger partial charge in [-0.05, 0) is 41.0 Å². The standard InChI is InChI=1S/C26H20O4S/c27-26(30-19-20-9-3-1-4-10-20)24-13-7-8-14-25(24)31(28,29)23-17-15-22(16-18-23)21-11-5-2-6-12-21/h1-18H,19H2. The fourth-order valence-corrected chi connectivity index (χ4v) is 4.70. The van der Waals surface area contributed by atoms with Gasteiger partial charge in [0.25, 0.3) is 0 Å². The lowest BCUT2D eigenvalue weighted by Gasteiger charge is -2.11. The molecule has 0 aliphatic rings. The second-order valence-electron chi connectivity index (χ2n) is 6.95. The monoisotopic (exact) mass is 428 g/mol. The molecule has 4 aromatic rings. The van der Waals surface area contributed by atoms with Crippen LogP contribution in [0.2, 0.25) is 0 Å². The van der Waals surface area contributed by atoms with Gasteiger partial charge in [-0.15, -0.1) is 0 Å². The number of rotatable bonds is 6. The number of ether oxygens (including phenoxy) is 1. The van der Waals surface area contributed by atoms with Gasteiger partial charge in [-0.2, -0.15) is 0 Å². The Morgan fingerprint density at radius 2 is 1.19 bits per heavy atom. The van der Waals surface area contributed by atoms with Crippen molar-refractivity contribution in [3.8, 4) is 11.1 Å². The zero-order chi connectivity index (χ0) is 21.7. The summed E-state index contributed by atoms with van der Waals surface area (Å²) in [6.07, 6.45) is 0. The van der Waals surface area contributed by atoms with Crippen LogP contribution >= 0.6 is 0 Å². The first-order chi connectivity index (χ1) is 15.1. The molecular weight excluding hydrogens is 408 g/mol. The predicted molar refractivity (Wildman–Crippen MR) is 119 cm³/mol. The summed E-state index contributed by atoms with van der Waals surface area (Å²) in [4.78, 5) is 12.7. The van der Waals surface area contributed by atoms with Crippen LogP contribution in [-0.2, 0) is 21.2 Å². The smallest absolute Gasteiger partial charge is 0.339 e. The van der Waals surface area contributed by atoms with Crippen LogP contribution in [0, 0.1) is 0 Å². The van der Waals surface area contributed by atoms with Crippen molar-refractivity contribution in [3.63, 3.8) is 0 Å². The molecule has 0 saturated heterocycles. The third-order valence-electron chi connectivity index (χ3n) is 4.88. The van der Waals surface area contributed by atoms with E-state index in [1.807, 2.05) is 60.7 Å². The van der Waals surface area contributed by atoms with Crippen molar-refractivity contribution in [1.82, 2.24) is 0 Å². The van der Waals surface area contributed by atoms with E-state index in [1.54, 1.807) is 36.4 Å². The van der Waals surface area contributed by atoms with E-state index in [-0.39, 0.29) is 22.0 Å². The molecule has 0 N–H and O–H groups in total. The molecule has 0 amide bonds. The number of benzene rings is 4. The molecule has 0 saturated carbocycles. The minimum Gasteiger partial charge on any atom is -0.457 e. The lowest BCUT2D eigenvalue weighted by Crippen LogP contribution is -2.12. The topological polar surface area (TPSA) is 60.4 Å². The van der Waals surface area contributed by atoms with Crippen molar-refractivity contribution in [2.24, 2.45) is 0 Å². The Morgan fingerprint density at radius 3 is 1.87 bits per heavy atom. The average Bonchev–Trinajstić information content (AvgIpc) is 2.84. The molecule has 0 aliphatic heterocycles. The zero-order valence-electron chi connectivity index (χ0n) is 16.6. The average molecular weight is 429 g/mol. The van der Waals surface area contributed by atoms with Crippen molar-refractivity contribution in [2.75, 3.05) is 0 Å². The predicted octanol–water partition coefficient (Wildman–Crippen LogP) is 5.54. The van der Waals surface area contributed by atoms with Gasteiger partial charge in [-0.25, -0.2) is 13.2 Å². The van der Waals surface area contributed by atoms with E-state index in [4.69, 9.17) is 4.74 Å². The van der Waals surface area contributed by atoms with Gasteiger partial charge in [-0.3, -0.25) is 0 Å². The molecule has 4 rings (SSSR count). The molecule has 4 aromatic carbocycles. The molecule has 0 heterocycles. The number of esters is 1. The quantitative estimate of drug-likeness (QED) is 0.378. The van der Waals surface area contributed by atoms with Crippen LogP contribution in [0.25, 0.3) is 11.1 Å². The van der Waals surface area contributed by atoms with E-state index < -0.39 is 15.8 Å². The Bertz CT molecular complexity index is 1280.